The molecule has 0 atom stereocenters. The molecule has 0 unspecified atom stereocenters. The first-order chi connectivity index (χ1) is 14.9. The molecule has 0 aliphatic rings. The van der Waals surface area contributed by atoms with E-state index in [1.807, 2.05) is 55.5 Å². The van der Waals surface area contributed by atoms with Crippen molar-refractivity contribution in [3.05, 3.63) is 92.1 Å². The van der Waals surface area contributed by atoms with Crippen molar-refractivity contribution in [1.29, 1.82) is 5.26 Å². The molecule has 0 saturated carbocycles. The quantitative estimate of drug-likeness (QED) is 0.234. The maximum absolute atomic E-state index is 11.2. The maximum atomic E-state index is 11.2. The molecular weight excluding hydrogens is 505 g/mol. The standard InChI is InChI=1S/C25H20INO4/c1-16-6-8-19(9-7-16)21(14-27)11-18-12-22(26)24(23(13-18)30-2)31-15-17-4-3-5-20(10-17)25(28)29/h3-13H,15H2,1-2H3,(H,28,29)/b21-11-. The number of methoxy groups -OCH3 is 1. The summed E-state index contributed by atoms with van der Waals surface area (Å²) in [6.07, 6.45) is 1.81. The minimum Gasteiger partial charge on any atom is -0.493 e. The maximum Gasteiger partial charge on any atom is 0.335 e. The van der Waals surface area contributed by atoms with Gasteiger partial charge in [-0.15, -0.1) is 0 Å². The molecule has 0 aliphatic heterocycles. The van der Waals surface area contributed by atoms with Gasteiger partial charge in [-0.3, -0.25) is 0 Å². The summed E-state index contributed by atoms with van der Waals surface area (Å²) < 4.78 is 12.3. The Bertz CT molecular complexity index is 1180. The highest BCUT2D eigenvalue weighted by atomic mass is 127. The van der Waals surface area contributed by atoms with Crippen LogP contribution in [0.15, 0.2) is 60.7 Å². The molecule has 0 bridgehead atoms. The molecule has 31 heavy (non-hydrogen) atoms. The third-order valence-corrected chi connectivity index (χ3v) is 5.40. The number of nitriles is 1. The Labute approximate surface area is 194 Å². The second kappa shape index (κ2) is 10.1. The smallest absolute Gasteiger partial charge is 0.335 e. The minimum atomic E-state index is -0.980. The number of ether oxygens (including phenoxy) is 2. The first kappa shape index (κ1) is 22.4. The molecule has 0 fully saturated rings. The number of nitrogens with zero attached hydrogens (tertiary/aromatic N) is 1. The number of hydrogen-bond acceptors (Lipinski definition) is 4. The summed E-state index contributed by atoms with van der Waals surface area (Å²) in [5.41, 5.74) is 4.31. The Hall–Kier alpha value is -3.31. The van der Waals surface area contributed by atoms with Crippen molar-refractivity contribution in [2.75, 3.05) is 7.11 Å². The number of hydrogen-bond donors (Lipinski definition) is 1. The van der Waals surface area contributed by atoms with Crippen molar-refractivity contribution in [2.24, 2.45) is 0 Å². The average Bonchev–Trinajstić information content (AvgIpc) is 2.77. The highest BCUT2D eigenvalue weighted by Crippen LogP contribution is 2.35. The Kier molecular flexibility index (Phi) is 7.32. The van der Waals surface area contributed by atoms with Gasteiger partial charge < -0.3 is 14.6 Å². The number of benzene rings is 3. The zero-order valence-corrected chi connectivity index (χ0v) is 19.2. The summed E-state index contributed by atoms with van der Waals surface area (Å²) in [7, 11) is 1.56. The fraction of sp³-hybridized carbons (Fsp3) is 0.120. The van der Waals surface area contributed by atoms with Gasteiger partial charge >= 0.3 is 5.97 Å². The molecule has 0 radical (unpaired) electrons. The van der Waals surface area contributed by atoms with E-state index in [0.717, 1.165) is 25.8 Å². The lowest BCUT2D eigenvalue weighted by molar-refractivity contribution is 0.0696. The van der Waals surface area contributed by atoms with Gasteiger partial charge in [0.2, 0.25) is 0 Å². The van der Waals surface area contributed by atoms with Crippen LogP contribution in [0.25, 0.3) is 11.6 Å². The molecule has 3 rings (SSSR count). The number of aryl methyl sites for hydroxylation is 1. The second-order valence-corrected chi connectivity index (χ2v) is 8.03. The van der Waals surface area contributed by atoms with Crippen molar-refractivity contribution < 1.29 is 19.4 Å². The van der Waals surface area contributed by atoms with Crippen LogP contribution in [-0.4, -0.2) is 18.2 Å². The summed E-state index contributed by atoms with van der Waals surface area (Å²) >= 11 is 2.16. The fourth-order valence-corrected chi connectivity index (χ4v) is 3.77. The number of aromatic carboxylic acids is 1. The predicted octanol–water partition coefficient (Wildman–Crippen LogP) is 5.95. The van der Waals surface area contributed by atoms with Crippen LogP contribution in [0.3, 0.4) is 0 Å². The molecule has 6 heteroatoms. The number of carboxylic acid groups (broad SMARTS) is 1. The van der Waals surface area contributed by atoms with Gasteiger partial charge in [0.05, 0.1) is 27.9 Å². The van der Waals surface area contributed by atoms with Gasteiger partial charge in [0.25, 0.3) is 0 Å². The predicted molar refractivity (Wildman–Crippen MR) is 128 cm³/mol. The second-order valence-electron chi connectivity index (χ2n) is 6.86. The van der Waals surface area contributed by atoms with E-state index in [-0.39, 0.29) is 12.2 Å². The lowest BCUT2D eigenvalue weighted by atomic mass is 10.0. The highest BCUT2D eigenvalue weighted by molar-refractivity contribution is 14.1. The number of carbonyl (C=O) groups is 1. The SMILES string of the molecule is COc1cc(/C=C(/C#N)c2ccc(C)cc2)cc(I)c1OCc1cccc(C(=O)O)c1. The highest BCUT2D eigenvalue weighted by Gasteiger charge is 2.13. The third kappa shape index (κ3) is 5.64. The Morgan fingerprint density at radius 2 is 1.87 bits per heavy atom. The lowest BCUT2D eigenvalue weighted by Gasteiger charge is -2.14. The van der Waals surface area contributed by atoms with Crippen molar-refractivity contribution in [1.82, 2.24) is 0 Å². The van der Waals surface area contributed by atoms with Crippen molar-refractivity contribution in [3.8, 4) is 17.6 Å². The molecule has 0 heterocycles. The topological polar surface area (TPSA) is 79.5 Å². The molecule has 1 N–H and O–H groups in total. The van der Waals surface area contributed by atoms with Crippen LogP contribution in [0.2, 0.25) is 0 Å². The Balaban J connectivity index is 1.88. The molecule has 5 nitrogen and oxygen atoms in total. The summed E-state index contributed by atoms with van der Waals surface area (Å²) in [6.45, 7) is 2.21. The van der Waals surface area contributed by atoms with E-state index < -0.39 is 5.97 Å². The van der Waals surface area contributed by atoms with Gasteiger partial charge in [-0.1, -0.05) is 42.0 Å². The van der Waals surface area contributed by atoms with E-state index in [1.165, 1.54) is 6.07 Å². The van der Waals surface area contributed by atoms with Crippen LogP contribution in [-0.2, 0) is 6.61 Å². The van der Waals surface area contributed by atoms with Crippen molar-refractivity contribution >= 4 is 40.2 Å². The molecule has 3 aromatic rings. The van der Waals surface area contributed by atoms with Crippen molar-refractivity contribution in [3.63, 3.8) is 0 Å². The minimum absolute atomic E-state index is 0.204. The monoisotopic (exact) mass is 525 g/mol. The largest absolute Gasteiger partial charge is 0.493 e. The Morgan fingerprint density at radius 3 is 2.52 bits per heavy atom. The van der Waals surface area contributed by atoms with Crippen LogP contribution in [0.1, 0.15) is 32.6 Å². The average molecular weight is 525 g/mol. The van der Waals surface area contributed by atoms with Gasteiger partial charge in [-0.2, -0.15) is 5.26 Å². The van der Waals surface area contributed by atoms with Gasteiger partial charge in [0.1, 0.15) is 6.61 Å². The first-order valence-corrected chi connectivity index (χ1v) is 10.5. The lowest BCUT2D eigenvalue weighted by Crippen LogP contribution is -2.02. The zero-order valence-electron chi connectivity index (χ0n) is 17.1. The van der Waals surface area contributed by atoms with Crippen LogP contribution >= 0.6 is 22.6 Å². The van der Waals surface area contributed by atoms with Crippen LogP contribution < -0.4 is 9.47 Å². The summed E-state index contributed by atoms with van der Waals surface area (Å²) in [4.78, 5) is 11.2. The molecule has 156 valence electrons. The summed E-state index contributed by atoms with van der Waals surface area (Å²) in [5, 5.41) is 18.8. The third-order valence-electron chi connectivity index (χ3n) is 4.60. The van der Waals surface area contributed by atoms with E-state index in [9.17, 15) is 10.1 Å². The van der Waals surface area contributed by atoms with E-state index in [0.29, 0.717) is 17.1 Å². The van der Waals surface area contributed by atoms with Crippen molar-refractivity contribution in [2.45, 2.75) is 13.5 Å². The summed E-state index contributed by atoms with van der Waals surface area (Å²) in [6, 6.07) is 20.4. The number of allylic oxidation sites excluding steroid dienone is 1. The first-order valence-electron chi connectivity index (χ1n) is 9.42. The molecular formula is C25H20INO4. The van der Waals surface area contributed by atoms with Gasteiger partial charge in [-0.05, 0) is 76.5 Å². The molecule has 0 amide bonds. The number of halogens is 1. The number of carboxylic acids is 1. The van der Waals surface area contributed by atoms with E-state index in [4.69, 9.17) is 14.6 Å². The van der Waals surface area contributed by atoms with Crippen LogP contribution in [0, 0.1) is 21.8 Å². The number of rotatable bonds is 7. The fourth-order valence-electron chi connectivity index (χ4n) is 2.99. The molecule has 0 aromatic heterocycles. The summed E-state index contributed by atoms with van der Waals surface area (Å²) in [5.74, 6) is 0.121. The van der Waals surface area contributed by atoms with Crippen LogP contribution in [0.5, 0.6) is 11.5 Å². The van der Waals surface area contributed by atoms with Gasteiger partial charge in [0.15, 0.2) is 11.5 Å². The van der Waals surface area contributed by atoms with E-state index >= 15 is 0 Å². The van der Waals surface area contributed by atoms with Gasteiger partial charge in [-0.25, -0.2) is 4.79 Å². The molecule has 3 aromatic carbocycles. The zero-order chi connectivity index (χ0) is 22.4. The Morgan fingerprint density at radius 1 is 1.13 bits per heavy atom. The van der Waals surface area contributed by atoms with E-state index in [2.05, 4.69) is 28.7 Å². The van der Waals surface area contributed by atoms with E-state index in [1.54, 1.807) is 19.2 Å². The molecule has 0 spiro atoms. The molecule has 0 saturated heterocycles. The normalized spacial score (nSPS) is 11.0. The van der Waals surface area contributed by atoms with Crippen LogP contribution in [0.4, 0.5) is 0 Å². The molecule has 0 aliphatic carbocycles. The van der Waals surface area contributed by atoms with Gasteiger partial charge in [0, 0.05) is 0 Å².